The number of amides is 1. The molecule has 0 saturated heterocycles. The predicted molar refractivity (Wildman–Crippen MR) is 71.3 cm³/mol. The first-order valence-electron chi connectivity index (χ1n) is 5.72. The molecule has 1 rings (SSSR count). The lowest BCUT2D eigenvalue weighted by Gasteiger charge is -2.12. The molecular formula is C12H18N2O4S. The van der Waals surface area contributed by atoms with Crippen LogP contribution in [0.25, 0.3) is 0 Å². The maximum absolute atomic E-state index is 12.0. The molecule has 0 aliphatic carbocycles. The zero-order valence-electron chi connectivity index (χ0n) is 11.1. The Morgan fingerprint density at radius 2 is 2.11 bits per heavy atom. The summed E-state index contributed by atoms with van der Waals surface area (Å²) in [6, 6.07) is 4.67. The number of ether oxygens (including phenoxy) is 1. The molecule has 0 unspecified atom stereocenters. The van der Waals surface area contributed by atoms with Gasteiger partial charge in [0.15, 0.2) is 0 Å². The van der Waals surface area contributed by atoms with E-state index >= 15 is 0 Å². The second kappa shape index (κ2) is 6.03. The summed E-state index contributed by atoms with van der Waals surface area (Å²) in [5, 5.41) is 0. The smallest absolute Gasteiger partial charge is 0.267 e. The highest BCUT2D eigenvalue weighted by molar-refractivity contribution is 7.90. The second-order valence-corrected chi connectivity index (χ2v) is 5.98. The highest BCUT2D eigenvalue weighted by Gasteiger charge is 2.21. The van der Waals surface area contributed by atoms with Gasteiger partial charge in [-0.1, -0.05) is 6.07 Å². The molecular weight excluding hydrogens is 268 g/mol. The van der Waals surface area contributed by atoms with Crippen LogP contribution >= 0.6 is 0 Å². The number of nitrogens with two attached hydrogens (primary N) is 1. The number of nitrogens with one attached hydrogen (secondary N) is 1. The van der Waals surface area contributed by atoms with Crippen LogP contribution in [0.4, 0.5) is 0 Å². The minimum Gasteiger partial charge on any atom is -0.495 e. The van der Waals surface area contributed by atoms with Gasteiger partial charge in [-0.05, 0) is 31.0 Å². The van der Waals surface area contributed by atoms with E-state index in [4.69, 9.17) is 10.5 Å². The van der Waals surface area contributed by atoms with Crippen molar-refractivity contribution in [3.8, 4) is 5.75 Å². The molecule has 0 fully saturated rings. The van der Waals surface area contributed by atoms with Crippen molar-refractivity contribution < 1.29 is 17.9 Å². The average Bonchev–Trinajstić information content (AvgIpc) is 2.26. The van der Waals surface area contributed by atoms with Crippen LogP contribution in [0.15, 0.2) is 23.1 Å². The van der Waals surface area contributed by atoms with E-state index in [2.05, 4.69) is 0 Å². The van der Waals surface area contributed by atoms with Crippen LogP contribution in [-0.4, -0.2) is 27.5 Å². The Morgan fingerprint density at radius 1 is 1.47 bits per heavy atom. The van der Waals surface area contributed by atoms with Gasteiger partial charge in [0, 0.05) is 13.0 Å². The summed E-state index contributed by atoms with van der Waals surface area (Å²) >= 11 is 0. The molecule has 0 radical (unpaired) electrons. The summed E-state index contributed by atoms with van der Waals surface area (Å²) in [5.41, 5.74) is 6.45. The lowest BCUT2D eigenvalue weighted by molar-refractivity contribution is -0.117. The van der Waals surface area contributed by atoms with Crippen molar-refractivity contribution >= 4 is 15.9 Å². The zero-order chi connectivity index (χ0) is 14.6. The maximum Gasteiger partial charge on any atom is 0.267 e. The van der Waals surface area contributed by atoms with Crippen molar-refractivity contribution in [2.24, 2.45) is 5.73 Å². The van der Waals surface area contributed by atoms with Crippen molar-refractivity contribution in [3.05, 3.63) is 23.8 Å². The third-order valence-corrected chi connectivity index (χ3v) is 3.81. The van der Waals surface area contributed by atoms with E-state index in [0.29, 0.717) is 6.42 Å². The van der Waals surface area contributed by atoms with E-state index in [1.165, 1.54) is 13.2 Å². The Labute approximate surface area is 113 Å². The summed E-state index contributed by atoms with van der Waals surface area (Å²) in [6.45, 7) is 2.96. The Kier molecular flexibility index (Phi) is 4.90. The predicted octanol–water partition coefficient (Wildman–Crippen LogP) is 0.410. The monoisotopic (exact) mass is 286 g/mol. The average molecular weight is 286 g/mol. The first-order valence-corrected chi connectivity index (χ1v) is 7.20. The van der Waals surface area contributed by atoms with Gasteiger partial charge in [0.2, 0.25) is 5.91 Å². The van der Waals surface area contributed by atoms with Gasteiger partial charge >= 0.3 is 0 Å². The maximum atomic E-state index is 12.0. The van der Waals surface area contributed by atoms with Crippen LogP contribution in [0, 0.1) is 0 Å². The highest BCUT2D eigenvalue weighted by Crippen LogP contribution is 2.25. The van der Waals surface area contributed by atoms with Crippen molar-refractivity contribution in [2.75, 3.05) is 7.11 Å². The van der Waals surface area contributed by atoms with Gasteiger partial charge in [-0.25, -0.2) is 13.1 Å². The van der Waals surface area contributed by atoms with Crippen molar-refractivity contribution in [3.63, 3.8) is 0 Å². The number of hydrogen-bond donors (Lipinski definition) is 2. The standard InChI is InChI=1S/C12H18N2O4S/c1-8(13)6-10-4-5-11(18-3)12(7-10)19(16,17)14-9(2)15/h4-5,7-8H,6,13H2,1-3H3,(H,14,15)/t8-/m1/s1. The molecule has 7 heteroatoms. The third-order valence-electron chi connectivity index (χ3n) is 2.35. The number of carbonyl (C=O) groups is 1. The number of carbonyl (C=O) groups excluding carboxylic acids is 1. The van der Waals surface area contributed by atoms with Gasteiger partial charge in [0.25, 0.3) is 10.0 Å². The molecule has 0 bridgehead atoms. The summed E-state index contributed by atoms with van der Waals surface area (Å²) < 4.78 is 31.0. The first kappa shape index (κ1) is 15.5. The quantitative estimate of drug-likeness (QED) is 0.817. The Morgan fingerprint density at radius 3 is 2.58 bits per heavy atom. The molecule has 6 nitrogen and oxygen atoms in total. The molecule has 0 aromatic heterocycles. The topological polar surface area (TPSA) is 98.5 Å². The van der Waals surface area contributed by atoms with Gasteiger partial charge in [0.1, 0.15) is 10.6 Å². The minimum absolute atomic E-state index is 0.0663. The van der Waals surface area contributed by atoms with Gasteiger partial charge in [-0.3, -0.25) is 4.79 Å². The SMILES string of the molecule is COc1ccc(C[C@@H](C)N)cc1S(=O)(=O)NC(C)=O. The van der Waals surface area contributed by atoms with Gasteiger partial charge in [-0.15, -0.1) is 0 Å². The molecule has 1 atom stereocenters. The lowest BCUT2D eigenvalue weighted by atomic mass is 10.1. The largest absolute Gasteiger partial charge is 0.495 e. The minimum atomic E-state index is -3.93. The fraction of sp³-hybridized carbons (Fsp3) is 0.417. The molecule has 1 aromatic carbocycles. The van der Waals surface area contributed by atoms with E-state index in [0.717, 1.165) is 12.5 Å². The van der Waals surface area contributed by atoms with Crippen molar-refractivity contribution in [1.29, 1.82) is 0 Å². The van der Waals surface area contributed by atoms with Crippen LogP contribution in [0.5, 0.6) is 5.75 Å². The molecule has 1 aromatic rings. The third kappa shape index (κ3) is 4.22. The van der Waals surface area contributed by atoms with Crippen LogP contribution in [-0.2, 0) is 21.2 Å². The van der Waals surface area contributed by atoms with Crippen molar-refractivity contribution in [2.45, 2.75) is 31.2 Å². The van der Waals surface area contributed by atoms with E-state index in [1.54, 1.807) is 12.1 Å². The van der Waals surface area contributed by atoms with Crippen LogP contribution in [0.1, 0.15) is 19.4 Å². The Balaban J connectivity index is 3.26. The van der Waals surface area contributed by atoms with E-state index in [-0.39, 0.29) is 16.7 Å². The molecule has 3 N–H and O–H groups in total. The van der Waals surface area contributed by atoms with Gasteiger partial charge in [-0.2, -0.15) is 0 Å². The summed E-state index contributed by atoms with van der Waals surface area (Å²) in [4.78, 5) is 10.9. The number of sulfonamides is 1. The molecule has 1 amide bonds. The normalized spacial score (nSPS) is 12.8. The molecule has 106 valence electrons. The van der Waals surface area contributed by atoms with E-state index < -0.39 is 15.9 Å². The first-order chi connectivity index (χ1) is 8.76. The number of hydrogen-bond acceptors (Lipinski definition) is 5. The van der Waals surface area contributed by atoms with E-state index in [1.807, 2.05) is 11.6 Å². The summed E-state index contributed by atoms with van der Waals surface area (Å²) in [6.07, 6.45) is 0.534. The van der Waals surface area contributed by atoms with E-state index in [9.17, 15) is 13.2 Å². The molecule has 19 heavy (non-hydrogen) atoms. The lowest BCUT2D eigenvalue weighted by Crippen LogP contribution is -2.28. The summed E-state index contributed by atoms with van der Waals surface area (Å²) in [5.74, 6) is -0.471. The molecule has 0 saturated carbocycles. The molecule has 0 spiro atoms. The number of rotatable bonds is 5. The second-order valence-electron chi connectivity index (χ2n) is 4.33. The fourth-order valence-corrected chi connectivity index (χ4v) is 2.89. The number of benzene rings is 1. The fourth-order valence-electron chi connectivity index (χ4n) is 1.67. The van der Waals surface area contributed by atoms with Crippen LogP contribution in [0.3, 0.4) is 0 Å². The molecule has 0 aliphatic heterocycles. The zero-order valence-corrected chi connectivity index (χ0v) is 12.0. The number of methoxy groups -OCH3 is 1. The molecule has 0 aliphatic rings. The highest BCUT2D eigenvalue weighted by atomic mass is 32.2. The Bertz CT molecular complexity index is 567. The molecule has 0 heterocycles. The van der Waals surface area contributed by atoms with Crippen LogP contribution in [0.2, 0.25) is 0 Å². The van der Waals surface area contributed by atoms with Crippen LogP contribution < -0.4 is 15.2 Å². The Hall–Kier alpha value is -1.60. The van der Waals surface area contributed by atoms with Crippen molar-refractivity contribution in [1.82, 2.24) is 4.72 Å². The van der Waals surface area contributed by atoms with Gasteiger partial charge in [0.05, 0.1) is 7.11 Å². The summed E-state index contributed by atoms with van der Waals surface area (Å²) in [7, 11) is -2.56. The van der Waals surface area contributed by atoms with Gasteiger partial charge < -0.3 is 10.5 Å².